The molecule has 0 bridgehead atoms. The normalized spacial score (nSPS) is 11.9. The Hall–Kier alpha value is -2.62. The van der Waals surface area contributed by atoms with Crippen molar-refractivity contribution in [2.45, 2.75) is 12.6 Å². The Bertz CT molecular complexity index is 798. The summed E-state index contributed by atoms with van der Waals surface area (Å²) in [7, 11) is 1.86. The van der Waals surface area contributed by atoms with Crippen LogP contribution in [0.25, 0.3) is 11.1 Å². The van der Waals surface area contributed by atoms with Crippen LogP contribution in [0.2, 0.25) is 0 Å². The summed E-state index contributed by atoms with van der Waals surface area (Å²) in [5, 5.41) is 12.6. The molecular formula is C22H23NO2. The fourth-order valence-electron chi connectivity index (χ4n) is 2.82. The van der Waals surface area contributed by atoms with E-state index in [0.29, 0.717) is 6.61 Å². The lowest BCUT2D eigenvalue weighted by atomic mass is 9.98. The van der Waals surface area contributed by atoms with Crippen molar-refractivity contribution in [1.82, 2.24) is 5.32 Å². The van der Waals surface area contributed by atoms with Gasteiger partial charge in [-0.3, -0.25) is 0 Å². The molecule has 3 rings (SSSR count). The fraction of sp³-hybridized carbons (Fsp3) is 0.182. The smallest absolute Gasteiger partial charge is 0.119 e. The standard InChI is InChI=1S/C22H23NO2/c1-23-22(15-24)20-10-6-9-19(14-20)18-8-5-7-17(13-18)16-25-21-11-3-2-4-12-21/h2-14,22-24H,15-16H2,1H3. The average Bonchev–Trinajstić information content (AvgIpc) is 2.69. The van der Waals surface area contributed by atoms with Gasteiger partial charge in [-0.2, -0.15) is 0 Å². The number of hydrogen-bond donors (Lipinski definition) is 2. The zero-order valence-electron chi connectivity index (χ0n) is 14.4. The Morgan fingerprint density at radius 2 is 1.60 bits per heavy atom. The Kier molecular flexibility index (Phi) is 5.83. The highest BCUT2D eigenvalue weighted by Gasteiger charge is 2.09. The number of likely N-dealkylation sites (N-methyl/N-ethyl adjacent to an activating group) is 1. The molecule has 0 fully saturated rings. The highest BCUT2D eigenvalue weighted by molar-refractivity contribution is 5.65. The number of para-hydroxylation sites is 1. The molecule has 0 amide bonds. The third-order valence-electron chi connectivity index (χ3n) is 4.23. The van der Waals surface area contributed by atoms with Crippen LogP contribution in [0, 0.1) is 0 Å². The van der Waals surface area contributed by atoms with E-state index in [1.54, 1.807) is 0 Å². The first kappa shape index (κ1) is 17.2. The van der Waals surface area contributed by atoms with Crippen molar-refractivity contribution in [3.05, 3.63) is 90.0 Å². The molecule has 0 saturated heterocycles. The van der Waals surface area contributed by atoms with Crippen LogP contribution in [-0.4, -0.2) is 18.8 Å². The summed E-state index contributed by atoms with van der Waals surface area (Å²) in [6.45, 7) is 0.609. The van der Waals surface area contributed by atoms with Crippen LogP contribution >= 0.6 is 0 Å². The third-order valence-corrected chi connectivity index (χ3v) is 4.23. The van der Waals surface area contributed by atoms with Gasteiger partial charge in [0.15, 0.2) is 0 Å². The van der Waals surface area contributed by atoms with E-state index in [1.807, 2.05) is 55.6 Å². The Balaban J connectivity index is 1.78. The second-order valence-electron chi connectivity index (χ2n) is 5.95. The number of benzene rings is 3. The minimum Gasteiger partial charge on any atom is -0.489 e. The minimum absolute atomic E-state index is 0.0513. The number of rotatable bonds is 7. The maximum absolute atomic E-state index is 9.48. The molecule has 0 saturated carbocycles. The van der Waals surface area contributed by atoms with Gasteiger partial charge >= 0.3 is 0 Å². The molecule has 1 unspecified atom stereocenters. The van der Waals surface area contributed by atoms with Gasteiger partial charge in [-0.1, -0.05) is 54.6 Å². The maximum atomic E-state index is 9.48. The van der Waals surface area contributed by atoms with Gasteiger partial charge in [-0.25, -0.2) is 0 Å². The van der Waals surface area contributed by atoms with Crippen molar-refractivity contribution in [1.29, 1.82) is 0 Å². The first-order valence-electron chi connectivity index (χ1n) is 8.45. The van der Waals surface area contributed by atoms with E-state index in [2.05, 4.69) is 35.6 Å². The Labute approximate surface area is 148 Å². The molecule has 128 valence electrons. The van der Waals surface area contributed by atoms with Crippen molar-refractivity contribution in [2.24, 2.45) is 0 Å². The monoisotopic (exact) mass is 333 g/mol. The van der Waals surface area contributed by atoms with Crippen molar-refractivity contribution < 1.29 is 9.84 Å². The molecule has 3 nitrogen and oxygen atoms in total. The molecule has 0 heterocycles. The molecule has 0 aliphatic heterocycles. The van der Waals surface area contributed by atoms with Gasteiger partial charge in [-0.05, 0) is 53.6 Å². The molecule has 0 aliphatic carbocycles. The maximum Gasteiger partial charge on any atom is 0.119 e. The zero-order chi connectivity index (χ0) is 17.5. The van der Waals surface area contributed by atoms with Crippen LogP contribution in [0.5, 0.6) is 5.75 Å². The van der Waals surface area contributed by atoms with E-state index < -0.39 is 0 Å². The first-order chi connectivity index (χ1) is 12.3. The Morgan fingerprint density at radius 3 is 2.32 bits per heavy atom. The van der Waals surface area contributed by atoms with Crippen molar-refractivity contribution in [2.75, 3.05) is 13.7 Å². The van der Waals surface area contributed by atoms with Gasteiger partial charge in [0.25, 0.3) is 0 Å². The molecule has 0 aliphatic rings. The van der Waals surface area contributed by atoms with Crippen LogP contribution in [0.1, 0.15) is 17.2 Å². The minimum atomic E-state index is -0.0513. The van der Waals surface area contributed by atoms with E-state index in [9.17, 15) is 5.11 Å². The third kappa shape index (κ3) is 4.47. The summed E-state index contributed by atoms with van der Waals surface area (Å²) in [4.78, 5) is 0. The lowest BCUT2D eigenvalue weighted by molar-refractivity contribution is 0.251. The number of nitrogens with one attached hydrogen (secondary N) is 1. The predicted molar refractivity (Wildman–Crippen MR) is 102 cm³/mol. The van der Waals surface area contributed by atoms with Crippen LogP contribution in [0.4, 0.5) is 0 Å². The van der Waals surface area contributed by atoms with Gasteiger partial charge in [0, 0.05) is 0 Å². The van der Waals surface area contributed by atoms with Crippen molar-refractivity contribution in [3.63, 3.8) is 0 Å². The van der Waals surface area contributed by atoms with Gasteiger partial charge in [0.05, 0.1) is 12.6 Å². The number of aliphatic hydroxyl groups is 1. The molecule has 2 N–H and O–H groups in total. The van der Waals surface area contributed by atoms with Gasteiger partial charge in [-0.15, -0.1) is 0 Å². The number of ether oxygens (including phenoxy) is 1. The van der Waals surface area contributed by atoms with Gasteiger partial charge < -0.3 is 15.2 Å². The number of hydrogen-bond acceptors (Lipinski definition) is 3. The first-order valence-corrected chi connectivity index (χ1v) is 8.45. The topological polar surface area (TPSA) is 41.5 Å². The largest absolute Gasteiger partial charge is 0.489 e. The summed E-state index contributed by atoms with van der Waals surface area (Å²) in [5.41, 5.74) is 4.48. The summed E-state index contributed by atoms with van der Waals surface area (Å²) in [6, 6.07) is 26.4. The van der Waals surface area contributed by atoms with Crippen molar-refractivity contribution in [3.8, 4) is 16.9 Å². The van der Waals surface area contributed by atoms with E-state index >= 15 is 0 Å². The fourth-order valence-corrected chi connectivity index (χ4v) is 2.82. The van der Waals surface area contributed by atoms with Crippen LogP contribution in [0.15, 0.2) is 78.9 Å². The Morgan fingerprint density at radius 1 is 0.880 bits per heavy atom. The summed E-state index contributed by atoms with van der Waals surface area (Å²) < 4.78 is 5.84. The second-order valence-corrected chi connectivity index (χ2v) is 5.95. The lowest BCUT2D eigenvalue weighted by Gasteiger charge is -2.15. The quantitative estimate of drug-likeness (QED) is 0.681. The van der Waals surface area contributed by atoms with Crippen LogP contribution in [0.3, 0.4) is 0 Å². The highest BCUT2D eigenvalue weighted by atomic mass is 16.5. The second kappa shape index (κ2) is 8.47. The summed E-state index contributed by atoms with van der Waals surface area (Å²) >= 11 is 0. The molecule has 1 atom stereocenters. The molecule has 25 heavy (non-hydrogen) atoms. The molecule has 0 aromatic heterocycles. The number of aliphatic hydroxyl groups excluding tert-OH is 1. The molecule has 3 aromatic carbocycles. The van der Waals surface area contributed by atoms with E-state index in [4.69, 9.17) is 4.74 Å². The van der Waals surface area contributed by atoms with E-state index in [0.717, 1.165) is 28.0 Å². The predicted octanol–water partition coefficient (Wildman–Crippen LogP) is 4.19. The van der Waals surface area contributed by atoms with Gasteiger partial charge in [0.2, 0.25) is 0 Å². The van der Waals surface area contributed by atoms with E-state index in [-0.39, 0.29) is 12.6 Å². The molecule has 0 radical (unpaired) electrons. The van der Waals surface area contributed by atoms with E-state index in [1.165, 1.54) is 0 Å². The molecular weight excluding hydrogens is 310 g/mol. The van der Waals surface area contributed by atoms with Crippen molar-refractivity contribution >= 4 is 0 Å². The van der Waals surface area contributed by atoms with Gasteiger partial charge in [0.1, 0.15) is 12.4 Å². The summed E-state index contributed by atoms with van der Waals surface area (Å²) in [5.74, 6) is 0.870. The SMILES string of the molecule is CNC(CO)c1cccc(-c2cccc(COc3ccccc3)c2)c1. The summed E-state index contributed by atoms with van der Waals surface area (Å²) in [6.07, 6.45) is 0. The molecule has 3 heteroatoms. The molecule has 3 aromatic rings. The molecule has 0 spiro atoms. The zero-order valence-corrected chi connectivity index (χ0v) is 14.4. The lowest BCUT2D eigenvalue weighted by Crippen LogP contribution is -2.19. The highest BCUT2D eigenvalue weighted by Crippen LogP contribution is 2.24. The average molecular weight is 333 g/mol. The van der Waals surface area contributed by atoms with Crippen LogP contribution in [-0.2, 0) is 6.61 Å². The van der Waals surface area contributed by atoms with Crippen LogP contribution < -0.4 is 10.1 Å².